The number of carbonyl (C=O) groups is 2. The quantitative estimate of drug-likeness (QED) is 0.289. The van der Waals surface area contributed by atoms with Crippen molar-refractivity contribution in [3.63, 3.8) is 0 Å². The highest BCUT2D eigenvalue weighted by atomic mass is 19.4. The van der Waals surface area contributed by atoms with Gasteiger partial charge in [0.1, 0.15) is 18.0 Å². The summed E-state index contributed by atoms with van der Waals surface area (Å²) in [5, 5.41) is 0. The summed E-state index contributed by atoms with van der Waals surface area (Å²) in [5.74, 6) is -0.126. The molecular formula is C31H36F4N2O4. The average molecular weight is 577 g/mol. The molecule has 2 saturated heterocycles. The van der Waals surface area contributed by atoms with Gasteiger partial charge in [-0.15, -0.1) is 0 Å². The van der Waals surface area contributed by atoms with Crippen LogP contribution in [0.25, 0.3) is 11.1 Å². The van der Waals surface area contributed by atoms with Crippen molar-refractivity contribution in [2.24, 2.45) is 11.3 Å². The van der Waals surface area contributed by atoms with Crippen molar-refractivity contribution in [3.8, 4) is 16.9 Å². The fourth-order valence-electron chi connectivity index (χ4n) is 6.26. The molecule has 0 aromatic heterocycles. The maximum atomic E-state index is 14.2. The molecule has 0 N–H and O–H groups in total. The lowest BCUT2D eigenvalue weighted by Crippen LogP contribution is -2.53. The molecule has 41 heavy (non-hydrogen) atoms. The van der Waals surface area contributed by atoms with Crippen LogP contribution in [0.4, 0.5) is 17.6 Å². The van der Waals surface area contributed by atoms with Gasteiger partial charge < -0.3 is 19.3 Å². The molecule has 0 radical (unpaired) electrons. The summed E-state index contributed by atoms with van der Waals surface area (Å²) in [7, 11) is 1.22. The number of alkyl halides is 4. The van der Waals surface area contributed by atoms with E-state index in [9.17, 15) is 27.2 Å². The third kappa shape index (κ3) is 6.22. The highest BCUT2D eigenvalue weighted by Crippen LogP contribution is 2.53. The van der Waals surface area contributed by atoms with Crippen LogP contribution in [-0.4, -0.2) is 80.0 Å². The van der Waals surface area contributed by atoms with Crippen LogP contribution in [0, 0.1) is 11.3 Å². The monoisotopic (exact) mass is 576 g/mol. The maximum Gasteiger partial charge on any atom is 0.395 e. The van der Waals surface area contributed by atoms with Gasteiger partial charge in [-0.3, -0.25) is 4.79 Å². The number of nitrogens with zero attached hydrogens (tertiary/aromatic N) is 2. The summed E-state index contributed by atoms with van der Waals surface area (Å²) in [5.41, 5.74) is 0.277. The van der Waals surface area contributed by atoms with Crippen LogP contribution in [0.3, 0.4) is 0 Å². The minimum atomic E-state index is -4.14. The van der Waals surface area contributed by atoms with E-state index in [2.05, 4.69) is 0 Å². The summed E-state index contributed by atoms with van der Waals surface area (Å²) in [6.07, 6.45) is -2.80. The zero-order valence-corrected chi connectivity index (χ0v) is 23.2. The molecule has 6 nitrogen and oxygen atoms in total. The number of hydrogen-bond acceptors (Lipinski definition) is 5. The van der Waals surface area contributed by atoms with Crippen molar-refractivity contribution in [2.75, 3.05) is 39.9 Å². The number of likely N-dealkylation sites (tertiary alicyclic amines) is 2. The Kier molecular flexibility index (Phi) is 8.59. The van der Waals surface area contributed by atoms with Gasteiger partial charge in [0.15, 0.2) is 0 Å². The summed E-state index contributed by atoms with van der Waals surface area (Å²) >= 11 is 0. The number of piperidine rings is 1. The number of methoxy groups -OCH3 is 1. The van der Waals surface area contributed by atoms with Gasteiger partial charge in [0.2, 0.25) is 0 Å². The smallest absolute Gasteiger partial charge is 0.395 e. The number of carbonyl (C=O) groups excluding carboxylic acids is 2. The first kappa shape index (κ1) is 29.4. The van der Waals surface area contributed by atoms with E-state index >= 15 is 0 Å². The Labute approximate surface area is 237 Å². The van der Waals surface area contributed by atoms with Gasteiger partial charge in [-0.05, 0) is 74.0 Å². The van der Waals surface area contributed by atoms with Crippen LogP contribution >= 0.6 is 0 Å². The Bertz CT molecular complexity index is 1220. The first-order chi connectivity index (χ1) is 19.6. The molecule has 1 aliphatic carbocycles. The average Bonchev–Trinajstić information content (AvgIpc) is 3.35. The normalized spacial score (nSPS) is 23.2. The zero-order chi connectivity index (χ0) is 29.2. The highest BCUT2D eigenvalue weighted by Gasteiger charge is 2.58. The molecule has 3 fully saturated rings. The van der Waals surface area contributed by atoms with Crippen molar-refractivity contribution >= 4 is 11.9 Å². The lowest BCUT2D eigenvalue weighted by molar-refractivity contribution is -0.256. The van der Waals surface area contributed by atoms with Gasteiger partial charge in [-0.2, -0.15) is 13.2 Å². The van der Waals surface area contributed by atoms with Gasteiger partial charge >= 0.3 is 12.1 Å². The predicted octanol–water partition coefficient (Wildman–Crippen LogP) is 5.90. The molecule has 3 aliphatic rings. The van der Waals surface area contributed by atoms with E-state index in [0.717, 1.165) is 18.4 Å². The van der Waals surface area contributed by atoms with E-state index < -0.39 is 35.7 Å². The number of halogens is 4. The third-order valence-electron chi connectivity index (χ3n) is 8.94. The van der Waals surface area contributed by atoms with Gasteiger partial charge in [0, 0.05) is 18.5 Å². The van der Waals surface area contributed by atoms with E-state index in [0.29, 0.717) is 43.0 Å². The number of benzene rings is 2. The molecule has 0 bridgehead atoms. The molecule has 5 rings (SSSR count). The van der Waals surface area contributed by atoms with Crippen LogP contribution in [0.15, 0.2) is 48.5 Å². The number of amides is 1. The van der Waals surface area contributed by atoms with Gasteiger partial charge in [0.05, 0.1) is 25.7 Å². The number of esters is 1. The summed E-state index contributed by atoms with van der Waals surface area (Å²) in [6, 6.07) is 13.4. The Morgan fingerprint density at radius 1 is 1.02 bits per heavy atom. The molecule has 2 heterocycles. The fraction of sp³-hybridized carbons (Fsp3) is 0.548. The molecule has 2 aliphatic heterocycles. The second-order valence-electron chi connectivity index (χ2n) is 11.6. The molecular weight excluding hydrogens is 540 g/mol. The molecule has 0 spiro atoms. The molecule has 222 valence electrons. The maximum absolute atomic E-state index is 14.2. The van der Waals surface area contributed by atoms with Crippen molar-refractivity contribution in [1.82, 2.24) is 9.80 Å². The standard InChI is InChI=1S/C31H36F4N2O4/c1-40-29(39)27-17-23(32)18-37(27)28(38)26-6-3-2-5-25(26)22-7-9-24(10-8-22)41-19-21-11-15-36(16-12-21)20-30(13-4-14-30)31(33,34)35/h2-3,5-10,21,23,27H,4,11-20H2,1H3/t23-,27-/m0/s1. The molecule has 2 aromatic carbocycles. The van der Waals surface area contributed by atoms with Crippen molar-refractivity contribution < 1.29 is 36.6 Å². The minimum Gasteiger partial charge on any atom is -0.493 e. The van der Waals surface area contributed by atoms with Crippen molar-refractivity contribution in [1.29, 1.82) is 0 Å². The molecule has 10 heteroatoms. The van der Waals surface area contributed by atoms with Crippen molar-refractivity contribution in [3.05, 3.63) is 54.1 Å². The second kappa shape index (κ2) is 12.0. The lowest BCUT2D eigenvalue weighted by atomic mass is 9.67. The summed E-state index contributed by atoms with van der Waals surface area (Å²) in [6.45, 7) is 1.72. The summed E-state index contributed by atoms with van der Waals surface area (Å²) in [4.78, 5) is 28.8. The first-order valence-corrected chi connectivity index (χ1v) is 14.2. The Hall–Kier alpha value is -3.14. The largest absolute Gasteiger partial charge is 0.493 e. The number of rotatable bonds is 8. The van der Waals surface area contributed by atoms with Crippen LogP contribution in [0.2, 0.25) is 0 Å². The molecule has 1 saturated carbocycles. The predicted molar refractivity (Wildman–Crippen MR) is 145 cm³/mol. The molecule has 0 unspecified atom stereocenters. The molecule has 2 aromatic rings. The van der Waals surface area contributed by atoms with E-state index in [1.165, 1.54) is 12.0 Å². The first-order valence-electron chi connectivity index (χ1n) is 14.2. The third-order valence-corrected chi connectivity index (χ3v) is 8.94. The van der Waals surface area contributed by atoms with Gasteiger partial charge in [-0.1, -0.05) is 36.8 Å². The van der Waals surface area contributed by atoms with E-state index in [1.54, 1.807) is 18.2 Å². The van der Waals surface area contributed by atoms with Gasteiger partial charge in [0.25, 0.3) is 5.91 Å². The highest BCUT2D eigenvalue weighted by molar-refractivity contribution is 6.02. The van der Waals surface area contributed by atoms with Crippen LogP contribution in [0.1, 0.15) is 48.9 Å². The molecule has 1 amide bonds. The van der Waals surface area contributed by atoms with Crippen molar-refractivity contribution in [2.45, 2.75) is 56.9 Å². The fourth-order valence-corrected chi connectivity index (χ4v) is 6.26. The minimum absolute atomic E-state index is 0.0834. The lowest BCUT2D eigenvalue weighted by Gasteiger charge is -2.47. The van der Waals surface area contributed by atoms with Gasteiger partial charge in [-0.25, -0.2) is 9.18 Å². The van der Waals surface area contributed by atoms with Crippen LogP contribution in [0.5, 0.6) is 5.75 Å². The summed E-state index contributed by atoms with van der Waals surface area (Å²) < 4.78 is 65.6. The Morgan fingerprint density at radius 3 is 2.32 bits per heavy atom. The second-order valence-corrected chi connectivity index (χ2v) is 11.6. The number of ether oxygens (including phenoxy) is 2. The van der Waals surface area contributed by atoms with E-state index in [-0.39, 0.29) is 38.3 Å². The van der Waals surface area contributed by atoms with E-state index in [4.69, 9.17) is 9.47 Å². The Balaban J connectivity index is 1.17. The van der Waals surface area contributed by atoms with Crippen LogP contribution < -0.4 is 4.74 Å². The Morgan fingerprint density at radius 2 is 1.71 bits per heavy atom. The van der Waals surface area contributed by atoms with Crippen LogP contribution in [-0.2, 0) is 9.53 Å². The van der Waals surface area contributed by atoms with E-state index in [1.807, 2.05) is 35.2 Å². The topological polar surface area (TPSA) is 59.1 Å². The molecule has 2 atom stereocenters. The number of hydrogen-bond donors (Lipinski definition) is 0. The SMILES string of the molecule is COC(=O)[C@@H]1C[C@H](F)CN1C(=O)c1ccccc1-c1ccc(OCC2CCN(CC3(C(F)(F)F)CCC3)CC2)cc1. The zero-order valence-electron chi connectivity index (χ0n) is 23.2.